The van der Waals surface area contributed by atoms with Gasteiger partial charge < -0.3 is 16.0 Å². The number of amides is 1. The molecule has 4 nitrogen and oxygen atoms in total. The molecule has 1 aliphatic rings. The summed E-state index contributed by atoms with van der Waals surface area (Å²) in [5, 5.41) is 3.02. The molecule has 0 radical (unpaired) electrons. The van der Waals surface area contributed by atoms with Gasteiger partial charge in [-0.25, -0.2) is 0 Å². The molecule has 1 rings (SSSR count). The van der Waals surface area contributed by atoms with E-state index in [2.05, 4.69) is 17.3 Å². The number of nitrogens with two attached hydrogens (primary N) is 1. The van der Waals surface area contributed by atoms with E-state index >= 15 is 0 Å². The second kappa shape index (κ2) is 5.32. The largest absolute Gasteiger partial charge is 0.368 e. The SMILES string of the molecule is CNC(C(N)=O)C1CCCN(C)CC1. The average Bonchev–Trinajstić information content (AvgIpc) is 2.32. The summed E-state index contributed by atoms with van der Waals surface area (Å²) in [6.07, 6.45) is 3.32. The van der Waals surface area contributed by atoms with Crippen LogP contribution in [0.15, 0.2) is 0 Å². The smallest absolute Gasteiger partial charge is 0.234 e. The van der Waals surface area contributed by atoms with Crippen LogP contribution < -0.4 is 11.1 Å². The number of likely N-dealkylation sites (N-methyl/N-ethyl adjacent to an activating group) is 1. The van der Waals surface area contributed by atoms with Crippen LogP contribution in [0.1, 0.15) is 19.3 Å². The lowest BCUT2D eigenvalue weighted by Crippen LogP contribution is -2.45. The third-order valence-corrected chi connectivity index (χ3v) is 3.09. The molecular formula is C10H21N3O. The molecule has 0 spiro atoms. The third-order valence-electron chi connectivity index (χ3n) is 3.09. The van der Waals surface area contributed by atoms with E-state index in [1.807, 2.05) is 7.05 Å². The summed E-state index contributed by atoms with van der Waals surface area (Å²) in [7, 11) is 3.94. The molecule has 1 heterocycles. The molecule has 1 fully saturated rings. The maximum atomic E-state index is 11.2. The summed E-state index contributed by atoms with van der Waals surface area (Å²) in [4.78, 5) is 13.5. The van der Waals surface area contributed by atoms with Gasteiger partial charge in [0.1, 0.15) is 0 Å². The zero-order valence-corrected chi connectivity index (χ0v) is 9.12. The molecule has 14 heavy (non-hydrogen) atoms. The van der Waals surface area contributed by atoms with Crippen LogP contribution in [0.25, 0.3) is 0 Å². The first-order valence-corrected chi connectivity index (χ1v) is 5.30. The fourth-order valence-corrected chi connectivity index (χ4v) is 2.21. The van der Waals surface area contributed by atoms with E-state index in [0.717, 1.165) is 32.4 Å². The summed E-state index contributed by atoms with van der Waals surface area (Å²) in [6, 6.07) is -0.151. The summed E-state index contributed by atoms with van der Waals surface area (Å²) in [5.41, 5.74) is 5.35. The molecule has 2 unspecified atom stereocenters. The van der Waals surface area contributed by atoms with Gasteiger partial charge in [0.05, 0.1) is 6.04 Å². The summed E-state index contributed by atoms with van der Waals surface area (Å²) in [6.45, 7) is 2.20. The predicted molar refractivity (Wildman–Crippen MR) is 56.9 cm³/mol. The molecule has 4 heteroatoms. The van der Waals surface area contributed by atoms with Crippen LogP contribution in [0.5, 0.6) is 0 Å². The summed E-state index contributed by atoms with van der Waals surface area (Å²) >= 11 is 0. The number of carbonyl (C=O) groups is 1. The van der Waals surface area contributed by atoms with E-state index in [4.69, 9.17) is 5.73 Å². The second-order valence-corrected chi connectivity index (χ2v) is 4.16. The van der Waals surface area contributed by atoms with Gasteiger partial charge in [0.25, 0.3) is 0 Å². The molecule has 0 aromatic carbocycles. The molecule has 0 aromatic rings. The number of primary amides is 1. The number of likely N-dealkylation sites (tertiary alicyclic amines) is 1. The lowest BCUT2D eigenvalue weighted by Gasteiger charge is -2.22. The van der Waals surface area contributed by atoms with Gasteiger partial charge in [-0.3, -0.25) is 4.79 Å². The highest BCUT2D eigenvalue weighted by atomic mass is 16.1. The van der Waals surface area contributed by atoms with E-state index in [1.165, 1.54) is 0 Å². The van der Waals surface area contributed by atoms with Crippen molar-refractivity contribution in [2.45, 2.75) is 25.3 Å². The fourth-order valence-electron chi connectivity index (χ4n) is 2.21. The standard InChI is InChI=1S/C10H21N3O/c1-12-9(10(11)14)8-4-3-6-13(2)7-5-8/h8-9,12H,3-7H2,1-2H3,(H2,11,14). The zero-order valence-electron chi connectivity index (χ0n) is 9.12. The number of nitrogens with one attached hydrogen (secondary N) is 1. The number of hydrogen-bond donors (Lipinski definition) is 2. The van der Waals surface area contributed by atoms with Gasteiger partial charge in [0.2, 0.25) is 5.91 Å². The molecular weight excluding hydrogens is 178 g/mol. The Kier molecular flexibility index (Phi) is 4.35. The molecule has 1 amide bonds. The highest BCUT2D eigenvalue weighted by Gasteiger charge is 2.26. The lowest BCUT2D eigenvalue weighted by molar-refractivity contribution is -0.121. The number of hydrogen-bond acceptors (Lipinski definition) is 3. The lowest BCUT2D eigenvalue weighted by atomic mass is 9.92. The van der Waals surface area contributed by atoms with Crippen molar-refractivity contribution in [3.8, 4) is 0 Å². The normalized spacial score (nSPS) is 26.9. The Balaban J connectivity index is 2.53. The number of nitrogens with zero attached hydrogens (tertiary/aromatic N) is 1. The molecule has 0 aromatic heterocycles. The van der Waals surface area contributed by atoms with Gasteiger partial charge in [-0.15, -0.1) is 0 Å². The van der Waals surface area contributed by atoms with Crippen LogP contribution >= 0.6 is 0 Å². The van der Waals surface area contributed by atoms with Crippen molar-refractivity contribution in [3.05, 3.63) is 0 Å². The van der Waals surface area contributed by atoms with E-state index in [1.54, 1.807) is 0 Å². The van der Waals surface area contributed by atoms with Gasteiger partial charge in [0, 0.05) is 0 Å². The first-order valence-electron chi connectivity index (χ1n) is 5.30. The Labute approximate surface area is 85.8 Å². The van der Waals surface area contributed by atoms with Crippen molar-refractivity contribution in [2.24, 2.45) is 11.7 Å². The topological polar surface area (TPSA) is 58.4 Å². The van der Waals surface area contributed by atoms with Crippen LogP contribution in [0.4, 0.5) is 0 Å². The molecule has 1 aliphatic heterocycles. The second-order valence-electron chi connectivity index (χ2n) is 4.16. The van der Waals surface area contributed by atoms with Crippen molar-refractivity contribution in [2.75, 3.05) is 27.2 Å². The van der Waals surface area contributed by atoms with Gasteiger partial charge in [-0.2, -0.15) is 0 Å². The molecule has 0 aliphatic carbocycles. The van der Waals surface area contributed by atoms with Crippen molar-refractivity contribution in [1.29, 1.82) is 0 Å². The highest BCUT2D eigenvalue weighted by molar-refractivity contribution is 5.80. The molecule has 0 bridgehead atoms. The van der Waals surface area contributed by atoms with Crippen LogP contribution in [-0.2, 0) is 4.79 Å². The van der Waals surface area contributed by atoms with E-state index in [-0.39, 0.29) is 11.9 Å². The van der Waals surface area contributed by atoms with E-state index in [0.29, 0.717) is 5.92 Å². The van der Waals surface area contributed by atoms with Gasteiger partial charge in [-0.05, 0) is 52.4 Å². The average molecular weight is 199 g/mol. The minimum absolute atomic E-state index is 0.151. The van der Waals surface area contributed by atoms with Crippen LogP contribution in [0, 0.1) is 5.92 Å². The first-order chi connectivity index (χ1) is 6.65. The van der Waals surface area contributed by atoms with E-state index < -0.39 is 0 Å². The Morgan fingerprint density at radius 3 is 2.79 bits per heavy atom. The Morgan fingerprint density at radius 1 is 1.50 bits per heavy atom. The van der Waals surface area contributed by atoms with Crippen molar-refractivity contribution in [1.82, 2.24) is 10.2 Å². The minimum Gasteiger partial charge on any atom is -0.368 e. The Morgan fingerprint density at radius 2 is 2.21 bits per heavy atom. The zero-order chi connectivity index (χ0) is 10.6. The molecule has 3 N–H and O–H groups in total. The molecule has 2 atom stereocenters. The van der Waals surface area contributed by atoms with Gasteiger partial charge >= 0.3 is 0 Å². The molecule has 1 saturated heterocycles. The van der Waals surface area contributed by atoms with Gasteiger partial charge in [-0.1, -0.05) is 0 Å². The molecule has 82 valence electrons. The Hall–Kier alpha value is -0.610. The quantitative estimate of drug-likeness (QED) is 0.661. The van der Waals surface area contributed by atoms with Gasteiger partial charge in [0.15, 0.2) is 0 Å². The van der Waals surface area contributed by atoms with Crippen molar-refractivity contribution in [3.63, 3.8) is 0 Å². The number of rotatable bonds is 3. The van der Waals surface area contributed by atoms with Crippen LogP contribution in [-0.4, -0.2) is 44.0 Å². The van der Waals surface area contributed by atoms with E-state index in [9.17, 15) is 4.79 Å². The maximum Gasteiger partial charge on any atom is 0.234 e. The summed E-state index contributed by atoms with van der Waals surface area (Å²) < 4.78 is 0. The first kappa shape index (κ1) is 11.5. The minimum atomic E-state index is -0.220. The Bertz CT molecular complexity index is 196. The highest BCUT2D eigenvalue weighted by Crippen LogP contribution is 2.19. The number of carbonyl (C=O) groups excluding carboxylic acids is 1. The van der Waals surface area contributed by atoms with Crippen LogP contribution in [0.2, 0.25) is 0 Å². The fraction of sp³-hybridized carbons (Fsp3) is 0.900. The van der Waals surface area contributed by atoms with Crippen molar-refractivity contribution >= 4 is 5.91 Å². The van der Waals surface area contributed by atoms with Crippen LogP contribution in [0.3, 0.4) is 0 Å². The predicted octanol–water partition coefficient (Wildman–Crippen LogP) is -0.208. The third kappa shape index (κ3) is 2.96. The molecule has 0 saturated carbocycles. The maximum absolute atomic E-state index is 11.2. The van der Waals surface area contributed by atoms with Crippen molar-refractivity contribution < 1.29 is 4.79 Å². The summed E-state index contributed by atoms with van der Waals surface area (Å²) in [5.74, 6) is 0.185. The monoisotopic (exact) mass is 199 g/mol.